The molecule has 3 atom stereocenters. The number of carboxylic acid groups (broad SMARTS) is 1. The zero-order valence-electron chi connectivity index (χ0n) is 20.7. The third-order valence-electron chi connectivity index (χ3n) is 6.74. The van der Waals surface area contributed by atoms with Crippen LogP contribution in [0.15, 0.2) is 48.5 Å². The van der Waals surface area contributed by atoms with Crippen molar-refractivity contribution in [1.82, 2.24) is 4.90 Å². The molecule has 1 N–H and O–H groups in total. The summed E-state index contributed by atoms with van der Waals surface area (Å²) in [6, 6.07) is 13.6. The van der Waals surface area contributed by atoms with Gasteiger partial charge in [0.1, 0.15) is 5.75 Å². The average Bonchev–Trinajstić information content (AvgIpc) is 2.79. The summed E-state index contributed by atoms with van der Waals surface area (Å²) in [5, 5.41) is 9.35. The highest BCUT2D eigenvalue weighted by Crippen LogP contribution is 2.42. The van der Waals surface area contributed by atoms with E-state index in [-0.39, 0.29) is 24.3 Å². The van der Waals surface area contributed by atoms with E-state index in [1.165, 1.54) is 0 Å². The van der Waals surface area contributed by atoms with Crippen molar-refractivity contribution in [2.45, 2.75) is 71.1 Å². The van der Waals surface area contributed by atoms with Crippen LogP contribution in [0.4, 0.5) is 13.2 Å². The second kappa shape index (κ2) is 11.9. The maximum atomic E-state index is 13.2. The Labute approximate surface area is 206 Å². The number of hydrogen-bond donors (Lipinski definition) is 1. The smallest absolute Gasteiger partial charge is 0.416 e. The van der Waals surface area contributed by atoms with Gasteiger partial charge in [0.15, 0.2) is 0 Å². The van der Waals surface area contributed by atoms with Gasteiger partial charge >= 0.3 is 12.1 Å². The van der Waals surface area contributed by atoms with Gasteiger partial charge in [0.2, 0.25) is 0 Å². The lowest BCUT2D eigenvalue weighted by atomic mass is 9.72. The molecule has 0 aliphatic heterocycles. The van der Waals surface area contributed by atoms with E-state index in [0.29, 0.717) is 18.9 Å². The van der Waals surface area contributed by atoms with Gasteiger partial charge in [-0.05, 0) is 79.3 Å². The monoisotopic (exact) mass is 491 g/mol. The highest BCUT2D eigenvalue weighted by molar-refractivity contribution is 5.67. The molecule has 1 aliphatic carbocycles. The summed E-state index contributed by atoms with van der Waals surface area (Å²) in [6.07, 6.45) is -2.03. The normalized spacial score (nSPS) is 20.9. The molecule has 2 aromatic rings. The number of aliphatic carboxylic acids is 1. The molecule has 3 rings (SSSR count). The molecule has 0 heterocycles. The number of benzene rings is 2. The Morgan fingerprint density at radius 3 is 2.29 bits per heavy atom. The lowest BCUT2D eigenvalue weighted by Crippen LogP contribution is -2.44. The van der Waals surface area contributed by atoms with Crippen LogP contribution in [0.25, 0.3) is 0 Å². The molecule has 0 amide bonds. The van der Waals surface area contributed by atoms with Gasteiger partial charge in [-0.2, -0.15) is 13.2 Å². The van der Waals surface area contributed by atoms with Crippen LogP contribution >= 0.6 is 0 Å². The Bertz CT molecular complexity index is 941. The number of halogens is 3. The Morgan fingerprint density at radius 1 is 1.09 bits per heavy atom. The molecule has 1 aliphatic rings. The standard InChI is InChI=1S/C28H36F3NO3/c1-4-35-24-12-5-20(6-13-24)18-32(17-19(2)3)26-14-7-21(16-27(33)34)15-25(26)22-8-10-23(11-9-22)28(29,30)31/h5-6,8-13,19,21,25-26H,4,7,14-18H2,1-3H3,(H,33,34). The molecule has 0 spiro atoms. The van der Waals surface area contributed by atoms with Gasteiger partial charge in [-0.25, -0.2) is 0 Å². The lowest BCUT2D eigenvalue weighted by Gasteiger charge is -2.43. The summed E-state index contributed by atoms with van der Waals surface area (Å²) >= 11 is 0. The van der Waals surface area contributed by atoms with E-state index in [1.54, 1.807) is 12.1 Å². The SMILES string of the molecule is CCOc1ccc(CN(CC(C)C)C2CCC(CC(=O)O)CC2c2ccc(C(F)(F)F)cc2)cc1. The molecule has 4 nitrogen and oxygen atoms in total. The van der Waals surface area contributed by atoms with Crippen molar-refractivity contribution >= 4 is 5.97 Å². The van der Waals surface area contributed by atoms with Crippen LogP contribution in [0.2, 0.25) is 0 Å². The lowest BCUT2D eigenvalue weighted by molar-refractivity contribution is -0.139. The summed E-state index contributed by atoms with van der Waals surface area (Å²) in [4.78, 5) is 13.8. The first kappa shape index (κ1) is 27.1. The van der Waals surface area contributed by atoms with Crippen molar-refractivity contribution < 1.29 is 27.8 Å². The Hall–Kier alpha value is -2.54. The molecular formula is C28H36F3NO3. The molecule has 0 saturated heterocycles. The van der Waals surface area contributed by atoms with Gasteiger partial charge in [0, 0.05) is 25.6 Å². The molecule has 0 radical (unpaired) electrons. The van der Waals surface area contributed by atoms with Crippen LogP contribution in [0.3, 0.4) is 0 Å². The van der Waals surface area contributed by atoms with E-state index >= 15 is 0 Å². The second-order valence-electron chi connectivity index (χ2n) is 9.97. The predicted molar refractivity (Wildman–Crippen MR) is 130 cm³/mol. The minimum Gasteiger partial charge on any atom is -0.494 e. The predicted octanol–water partition coefficient (Wildman–Crippen LogP) is 6.99. The maximum absolute atomic E-state index is 13.2. The first-order chi connectivity index (χ1) is 16.6. The number of nitrogens with zero attached hydrogens (tertiary/aromatic N) is 1. The van der Waals surface area contributed by atoms with Crippen molar-refractivity contribution in [3.63, 3.8) is 0 Å². The Morgan fingerprint density at radius 2 is 1.74 bits per heavy atom. The maximum Gasteiger partial charge on any atom is 0.416 e. The van der Waals surface area contributed by atoms with Crippen molar-refractivity contribution in [2.75, 3.05) is 13.2 Å². The molecule has 1 fully saturated rings. The van der Waals surface area contributed by atoms with Crippen LogP contribution in [0.5, 0.6) is 5.75 Å². The van der Waals surface area contributed by atoms with Crippen molar-refractivity contribution in [3.8, 4) is 5.75 Å². The minimum absolute atomic E-state index is 0.0161. The number of rotatable bonds is 10. The highest BCUT2D eigenvalue weighted by atomic mass is 19.4. The molecule has 7 heteroatoms. The number of hydrogen-bond acceptors (Lipinski definition) is 3. The number of carbonyl (C=O) groups is 1. The van der Waals surface area contributed by atoms with Crippen LogP contribution in [-0.2, 0) is 17.5 Å². The average molecular weight is 492 g/mol. The zero-order chi connectivity index (χ0) is 25.6. The fourth-order valence-electron chi connectivity index (χ4n) is 5.27. The fraction of sp³-hybridized carbons (Fsp3) is 0.536. The summed E-state index contributed by atoms with van der Waals surface area (Å²) in [5.41, 5.74) is 1.33. The first-order valence-corrected chi connectivity index (χ1v) is 12.4. The Kier molecular flexibility index (Phi) is 9.22. The third kappa shape index (κ3) is 7.72. The van der Waals surface area contributed by atoms with Gasteiger partial charge in [-0.3, -0.25) is 9.69 Å². The van der Waals surface area contributed by atoms with Crippen molar-refractivity contribution in [1.29, 1.82) is 0 Å². The molecule has 0 bridgehead atoms. The van der Waals surface area contributed by atoms with Crippen LogP contribution in [-0.4, -0.2) is 35.2 Å². The Balaban J connectivity index is 1.89. The van der Waals surface area contributed by atoms with E-state index in [2.05, 4.69) is 30.9 Å². The summed E-state index contributed by atoms with van der Waals surface area (Å²) in [6.45, 7) is 8.44. The molecular weight excluding hydrogens is 455 g/mol. The van der Waals surface area contributed by atoms with E-state index in [9.17, 15) is 23.1 Å². The van der Waals surface area contributed by atoms with Crippen molar-refractivity contribution in [3.05, 3.63) is 65.2 Å². The van der Waals surface area contributed by atoms with Crippen LogP contribution in [0.1, 0.15) is 69.1 Å². The summed E-state index contributed by atoms with van der Waals surface area (Å²) < 4.78 is 45.0. The van der Waals surface area contributed by atoms with Gasteiger partial charge in [0.25, 0.3) is 0 Å². The fourth-order valence-corrected chi connectivity index (χ4v) is 5.27. The largest absolute Gasteiger partial charge is 0.494 e. The van der Waals surface area contributed by atoms with Crippen molar-refractivity contribution in [2.24, 2.45) is 11.8 Å². The molecule has 192 valence electrons. The van der Waals surface area contributed by atoms with Gasteiger partial charge in [0.05, 0.1) is 12.2 Å². The first-order valence-electron chi connectivity index (χ1n) is 12.4. The number of alkyl halides is 3. The zero-order valence-corrected chi connectivity index (χ0v) is 20.7. The molecule has 0 aromatic heterocycles. The third-order valence-corrected chi connectivity index (χ3v) is 6.74. The van der Waals surface area contributed by atoms with E-state index in [0.717, 1.165) is 54.9 Å². The molecule has 35 heavy (non-hydrogen) atoms. The number of ether oxygens (including phenoxy) is 1. The van der Waals surface area contributed by atoms with Crippen LogP contribution in [0, 0.1) is 11.8 Å². The molecule has 3 unspecified atom stereocenters. The van der Waals surface area contributed by atoms with Gasteiger partial charge < -0.3 is 9.84 Å². The topological polar surface area (TPSA) is 49.8 Å². The minimum atomic E-state index is -4.38. The number of carboxylic acids is 1. The molecule has 1 saturated carbocycles. The van der Waals surface area contributed by atoms with E-state index in [4.69, 9.17) is 4.74 Å². The highest BCUT2D eigenvalue weighted by Gasteiger charge is 2.37. The summed E-state index contributed by atoms with van der Waals surface area (Å²) in [7, 11) is 0. The van der Waals surface area contributed by atoms with Gasteiger partial charge in [-0.1, -0.05) is 38.1 Å². The summed E-state index contributed by atoms with van der Waals surface area (Å²) in [5.74, 6) is 0.387. The molecule has 2 aromatic carbocycles. The van der Waals surface area contributed by atoms with Crippen LogP contribution < -0.4 is 4.74 Å². The van der Waals surface area contributed by atoms with E-state index < -0.39 is 17.7 Å². The van der Waals surface area contributed by atoms with E-state index in [1.807, 2.05) is 19.1 Å². The quantitative estimate of drug-likeness (QED) is 0.389. The van der Waals surface area contributed by atoms with Gasteiger partial charge in [-0.15, -0.1) is 0 Å². The second-order valence-corrected chi connectivity index (χ2v) is 9.97.